The summed E-state index contributed by atoms with van der Waals surface area (Å²) in [6.07, 6.45) is 5.33. The molecule has 18 heavy (non-hydrogen) atoms. The Bertz CT molecular complexity index is 576. The zero-order chi connectivity index (χ0) is 12.7. The Morgan fingerprint density at radius 3 is 2.89 bits per heavy atom. The third-order valence-corrected chi connectivity index (χ3v) is 3.84. The fraction of sp³-hybridized carbons (Fsp3) is 0.429. The van der Waals surface area contributed by atoms with Crippen molar-refractivity contribution in [3.05, 3.63) is 30.0 Å². The van der Waals surface area contributed by atoms with Crippen LogP contribution in [0.4, 0.5) is 14.5 Å². The van der Waals surface area contributed by atoms with E-state index in [0.717, 1.165) is 30.5 Å². The van der Waals surface area contributed by atoms with Crippen LogP contribution >= 0.6 is 0 Å². The highest BCUT2D eigenvalue weighted by Crippen LogP contribution is 2.33. The van der Waals surface area contributed by atoms with Crippen LogP contribution in [0.3, 0.4) is 0 Å². The van der Waals surface area contributed by atoms with E-state index >= 15 is 0 Å². The molecule has 4 heteroatoms. The molecule has 3 rings (SSSR count). The number of nitrogens with one attached hydrogen (secondary N) is 1. The molecule has 1 aliphatic rings. The largest absolute Gasteiger partial charge is 0.367 e. The molecule has 0 saturated carbocycles. The number of anilines is 1. The lowest BCUT2D eigenvalue weighted by atomic mass is 10.0. The van der Waals surface area contributed by atoms with Gasteiger partial charge in [0.2, 0.25) is 0 Å². The van der Waals surface area contributed by atoms with E-state index in [1.165, 1.54) is 12.5 Å². The molecule has 96 valence electrons. The maximum absolute atomic E-state index is 13.7. The summed E-state index contributed by atoms with van der Waals surface area (Å²) in [5, 5.41) is 0.766. The van der Waals surface area contributed by atoms with Gasteiger partial charge in [0.15, 0.2) is 11.6 Å². The van der Waals surface area contributed by atoms with Crippen molar-refractivity contribution in [1.82, 2.24) is 4.98 Å². The fourth-order valence-corrected chi connectivity index (χ4v) is 2.82. The van der Waals surface area contributed by atoms with E-state index in [0.29, 0.717) is 6.04 Å². The molecule has 2 heterocycles. The van der Waals surface area contributed by atoms with Gasteiger partial charge < -0.3 is 9.88 Å². The number of fused-ring (bicyclic) bond motifs is 1. The monoisotopic (exact) mass is 250 g/mol. The van der Waals surface area contributed by atoms with Crippen LogP contribution in [0.25, 0.3) is 10.9 Å². The molecular weight excluding hydrogens is 234 g/mol. The number of aromatic nitrogens is 1. The van der Waals surface area contributed by atoms with Gasteiger partial charge in [-0.15, -0.1) is 0 Å². The lowest BCUT2D eigenvalue weighted by molar-refractivity contribution is 0.486. The van der Waals surface area contributed by atoms with Gasteiger partial charge in [-0.1, -0.05) is 0 Å². The Hall–Kier alpha value is -1.58. The molecule has 0 bridgehead atoms. The van der Waals surface area contributed by atoms with E-state index < -0.39 is 11.6 Å². The number of rotatable bonds is 1. The van der Waals surface area contributed by atoms with Crippen LogP contribution in [0.15, 0.2) is 18.3 Å². The Kier molecular flexibility index (Phi) is 2.73. The molecule has 2 aromatic rings. The standard InChI is InChI=1S/C14H16F2N2/c1-9-4-2-3-7-18(9)12-8-17-14-10(12)5-6-11(15)13(14)16/h5-6,8-9,17H,2-4,7H2,1H3/t9-/m1/s1. The molecule has 0 radical (unpaired) electrons. The summed E-state index contributed by atoms with van der Waals surface area (Å²) in [6.45, 7) is 3.16. The van der Waals surface area contributed by atoms with Crippen LogP contribution in [0.2, 0.25) is 0 Å². The fourth-order valence-electron chi connectivity index (χ4n) is 2.82. The number of hydrogen-bond acceptors (Lipinski definition) is 1. The summed E-state index contributed by atoms with van der Waals surface area (Å²) in [6, 6.07) is 3.30. The third kappa shape index (κ3) is 1.67. The summed E-state index contributed by atoms with van der Waals surface area (Å²) in [5.74, 6) is -1.59. The molecule has 1 saturated heterocycles. The maximum atomic E-state index is 13.7. The number of H-pyrrole nitrogens is 1. The molecule has 1 aliphatic heterocycles. The Morgan fingerprint density at radius 2 is 2.11 bits per heavy atom. The number of benzene rings is 1. The summed E-state index contributed by atoms with van der Waals surface area (Å²) in [7, 11) is 0. The Morgan fingerprint density at radius 1 is 1.28 bits per heavy atom. The van der Waals surface area contributed by atoms with Crippen molar-refractivity contribution in [1.29, 1.82) is 0 Å². The first-order valence-corrected chi connectivity index (χ1v) is 6.40. The topological polar surface area (TPSA) is 19.0 Å². The SMILES string of the molecule is C[C@@H]1CCCCN1c1c[nH]c2c(F)c(F)ccc12. The lowest BCUT2D eigenvalue weighted by Gasteiger charge is -2.34. The Balaban J connectivity index is 2.10. The normalized spacial score (nSPS) is 20.6. The van der Waals surface area contributed by atoms with Gasteiger partial charge in [0.25, 0.3) is 0 Å². The highest BCUT2D eigenvalue weighted by molar-refractivity contribution is 5.93. The van der Waals surface area contributed by atoms with Crippen LogP contribution in [0.5, 0.6) is 0 Å². The maximum Gasteiger partial charge on any atom is 0.182 e. The van der Waals surface area contributed by atoms with Gasteiger partial charge in [0, 0.05) is 24.2 Å². The molecular formula is C14H16F2N2. The molecule has 1 N–H and O–H groups in total. The second-order valence-corrected chi connectivity index (χ2v) is 5.00. The van der Waals surface area contributed by atoms with E-state index in [-0.39, 0.29) is 5.52 Å². The van der Waals surface area contributed by atoms with Gasteiger partial charge in [0.1, 0.15) is 0 Å². The highest BCUT2D eigenvalue weighted by Gasteiger charge is 2.22. The third-order valence-electron chi connectivity index (χ3n) is 3.84. The quantitative estimate of drug-likeness (QED) is 0.815. The second-order valence-electron chi connectivity index (χ2n) is 5.00. The smallest absolute Gasteiger partial charge is 0.182 e. The van der Waals surface area contributed by atoms with Gasteiger partial charge in [-0.3, -0.25) is 0 Å². The molecule has 1 atom stereocenters. The summed E-state index contributed by atoms with van der Waals surface area (Å²) in [5.41, 5.74) is 1.25. The van der Waals surface area contributed by atoms with E-state index in [1.807, 2.05) is 0 Å². The minimum absolute atomic E-state index is 0.266. The predicted octanol–water partition coefficient (Wildman–Crippen LogP) is 3.82. The number of piperidine rings is 1. The summed E-state index contributed by atoms with van der Waals surface area (Å²) in [4.78, 5) is 5.14. The summed E-state index contributed by atoms with van der Waals surface area (Å²) >= 11 is 0. The zero-order valence-corrected chi connectivity index (χ0v) is 10.3. The molecule has 1 fully saturated rings. The van der Waals surface area contributed by atoms with Crippen molar-refractivity contribution < 1.29 is 8.78 Å². The minimum atomic E-state index is -0.803. The van der Waals surface area contributed by atoms with Crippen molar-refractivity contribution in [2.45, 2.75) is 32.2 Å². The van der Waals surface area contributed by atoms with E-state index in [1.54, 1.807) is 12.3 Å². The van der Waals surface area contributed by atoms with Crippen molar-refractivity contribution in [3.8, 4) is 0 Å². The number of aromatic amines is 1. The van der Waals surface area contributed by atoms with E-state index in [4.69, 9.17) is 0 Å². The first-order valence-electron chi connectivity index (χ1n) is 6.40. The van der Waals surface area contributed by atoms with Crippen molar-refractivity contribution in [2.75, 3.05) is 11.4 Å². The molecule has 0 spiro atoms. The van der Waals surface area contributed by atoms with Crippen molar-refractivity contribution >= 4 is 16.6 Å². The van der Waals surface area contributed by atoms with E-state index in [2.05, 4.69) is 16.8 Å². The second kappa shape index (κ2) is 4.26. The number of hydrogen-bond donors (Lipinski definition) is 1. The molecule has 0 aliphatic carbocycles. The molecule has 1 aromatic heterocycles. The highest BCUT2D eigenvalue weighted by atomic mass is 19.2. The summed E-state index contributed by atoms with van der Waals surface area (Å²) < 4.78 is 26.8. The molecule has 2 nitrogen and oxygen atoms in total. The van der Waals surface area contributed by atoms with Gasteiger partial charge in [-0.2, -0.15) is 0 Å². The number of halogens is 2. The molecule has 1 aromatic carbocycles. The lowest BCUT2D eigenvalue weighted by Crippen LogP contribution is -2.37. The molecule has 0 amide bonds. The first kappa shape index (κ1) is 11.5. The predicted molar refractivity (Wildman–Crippen MR) is 68.9 cm³/mol. The molecule has 0 unspecified atom stereocenters. The average Bonchev–Trinajstić information content (AvgIpc) is 2.79. The zero-order valence-electron chi connectivity index (χ0n) is 10.3. The van der Waals surface area contributed by atoms with Crippen LogP contribution in [-0.2, 0) is 0 Å². The van der Waals surface area contributed by atoms with Gasteiger partial charge in [-0.05, 0) is 38.3 Å². The van der Waals surface area contributed by atoms with Crippen LogP contribution < -0.4 is 4.90 Å². The number of nitrogens with zero attached hydrogens (tertiary/aromatic N) is 1. The van der Waals surface area contributed by atoms with Gasteiger partial charge in [0.05, 0.1) is 11.2 Å². The van der Waals surface area contributed by atoms with Crippen LogP contribution in [0.1, 0.15) is 26.2 Å². The van der Waals surface area contributed by atoms with Crippen molar-refractivity contribution in [2.24, 2.45) is 0 Å². The van der Waals surface area contributed by atoms with E-state index in [9.17, 15) is 8.78 Å². The van der Waals surface area contributed by atoms with Crippen molar-refractivity contribution in [3.63, 3.8) is 0 Å². The van der Waals surface area contributed by atoms with Gasteiger partial charge >= 0.3 is 0 Å². The Labute approximate surface area is 105 Å². The van der Waals surface area contributed by atoms with Crippen LogP contribution in [-0.4, -0.2) is 17.6 Å². The van der Waals surface area contributed by atoms with Crippen LogP contribution in [0, 0.1) is 11.6 Å². The first-order chi connectivity index (χ1) is 8.68. The van der Waals surface area contributed by atoms with Gasteiger partial charge in [-0.25, -0.2) is 8.78 Å². The minimum Gasteiger partial charge on any atom is -0.367 e. The average molecular weight is 250 g/mol.